The van der Waals surface area contributed by atoms with Gasteiger partial charge in [0.2, 0.25) is 0 Å². The number of benzene rings is 2. The van der Waals surface area contributed by atoms with Gasteiger partial charge in [0, 0.05) is 6.04 Å². The topological polar surface area (TPSA) is 49.4 Å². The SMILES string of the molecule is CC(C)c1ccc(N2C(=O)C(Cl)=C(NC(C)c3ccccc3)C2=O)cc1. The van der Waals surface area contributed by atoms with E-state index >= 15 is 0 Å². The van der Waals surface area contributed by atoms with Gasteiger partial charge in [-0.3, -0.25) is 9.59 Å². The molecule has 0 fully saturated rings. The molecule has 1 N–H and O–H groups in total. The van der Waals surface area contributed by atoms with Gasteiger partial charge >= 0.3 is 0 Å². The fourth-order valence-corrected chi connectivity index (χ4v) is 3.13. The molecule has 4 nitrogen and oxygen atoms in total. The molecule has 0 aromatic heterocycles. The van der Waals surface area contributed by atoms with Crippen LogP contribution >= 0.6 is 11.6 Å². The van der Waals surface area contributed by atoms with E-state index in [2.05, 4.69) is 19.2 Å². The van der Waals surface area contributed by atoms with E-state index in [0.717, 1.165) is 16.0 Å². The van der Waals surface area contributed by atoms with E-state index < -0.39 is 11.8 Å². The number of amides is 2. The van der Waals surface area contributed by atoms with E-state index in [1.165, 1.54) is 0 Å². The molecule has 1 aliphatic heterocycles. The predicted molar refractivity (Wildman–Crippen MR) is 104 cm³/mol. The standard InChI is InChI=1S/C21H21ClN2O2/c1-13(2)15-9-11-17(12-10-15)24-20(25)18(22)19(21(24)26)23-14(3)16-7-5-4-6-8-16/h4-14,23H,1-3H3. The maximum absolute atomic E-state index is 12.8. The fraction of sp³-hybridized carbons (Fsp3) is 0.238. The molecule has 26 heavy (non-hydrogen) atoms. The highest BCUT2D eigenvalue weighted by molar-refractivity contribution is 6.52. The molecule has 0 bridgehead atoms. The van der Waals surface area contributed by atoms with E-state index in [1.807, 2.05) is 49.4 Å². The molecule has 2 aromatic rings. The van der Waals surface area contributed by atoms with Crippen molar-refractivity contribution in [3.05, 3.63) is 76.5 Å². The molecule has 2 aromatic carbocycles. The summed E-state index contributed by atoms with van der Waals surface area (Å²) in [5.41, 5.74) is 2.81. The summed E-state index contributed by atoms with van der Waals surface area (Å²) in [6.07, 6.45) is 0. The summed E-state index contributed by atoms with van der Waals surface area (Å²) in [7, 11) is 0. The minimum atomic E-state index is -0.503. The number of halogens is 1. The maximum Gasteiger partial charge on any atom is 0.283 e. The van der Waals surface area contributed by atoms with Crippen molar-refractivity contribution in [2.45, 2.75) is 32.7 Å². The van der Waals surface area contributed by atoms with Crippen LogP contribution in [-0.2, 0) is 9.59 Å². The van der Waals surface area contributed by atoms with Crippen molar-refractivity contribution in [2.75, 3.05) is 4.90 Å². The Hall–Kier alpha value is -2.59. The highest BCUT2D eigenvalue weighted by atomic mass is 35.5. The predicted octanol–water partition coefficient (Wildman–Crippen LogP) is 4.48. The molecule has 0 saturated carbocycles. The molecule has 2 amide bonds. The first kappa shape index (κ1) is 18.2. The zero-order valence-electron chi connectivity index (χ0n) is 15.0. The van der Waals surface area contributed by atoms with Crippen LogP contribution in [0.5, 0.6) is 0 Å². The minimum absolute atomic E-state index is 0.0780. The number of imide groups is 1. The molecule has 0 aliphatic carbocycles. The minimum Gasteiger partial charge on any atom is -0.373 e. The molecule has 0 spiro atoms. The Labute approximate surface area is 158 Å². The second-order valence-corrected chi connectivity index (χ2v) is 7.04. The molecular weight excluding hydrogens is 348 g/mol. The maximum atomic E-state index is 12.8. The number of nitrogens with zero attached hydrogens (tertiary/aromatic N) is 1. The lowest BCUT2D eigenvalue weighted by molar-refractivity contribution is -0.120. The van der Waals surface area contributed by atoms with Crippen LogP contribution in [-0.4, -0.2) is 11.8 Å². The van der Waals surface area contributed by atoms with Gasteiger partial charge in [-0.1, -0.05) is 67.9 Å². The number of nitrogens with one attached hydrogen (secondary N) is 1. The van der Waals surface area contributed by atoms with Crippen LogP contribution in [0.2, 0.25) is 0 Å². The number of hydrogen-bond donors (Lipinski definition) is 1. The van der Waals surface area contributed by atoms with Gasteiger partial charge in [-0.05, 0) is 36.1 Å². The monoisotopic (exact) mass is 368 g/mol. The molecule has 1 heterocycles. The van der Waals surface area contributed by atoms with E-state index in [9.17, 15) is 9.59 Å². The smallest absolute Gasteiger partial charge is 0.283 e. The van der Waals surface area contributed by atoms with Crippen molar-refractivity contribution < 1.29 is 9.59 Å². The lowest BCUT2D eigenvalue weighted by Gasteiger charge is -2.18. The van der Waals surface area contributed by atoms with Crippen LogP contribution in [0.4, 0.5) is 5.69 Å². The Morgan fingerprint density at radius 2 is 1.46 bits per heavy atom. The Bertz CT molecular complexity index is 857. The lowest BCUT2D eigenvalue weighted by atomic mass is 10.0. The van der Waals surface area contributed by atoms with Crippen molar-refractivity contribution in [1.29, 1.82) is 0 Å². The average molecular weight is 369 g/mol. The van der Waals surface area contributed by atoms with E-state index in [-0.39, 0.29) is 16.8 Å². The number of rotatable bonds is 5. The molecule has 0 saturated heterocycles. The Morgan fingerprint density at radius 3 is 2.04 bits per heavy atom. The zero-order valence-corrected chi connectivity index (χ0v) is 15.7. The summed E-state index contributed by atoms with van der Waals surface area (Å²) in [6.45, 7) is 6.10. The van der Waals surface area contributed by atoms with Gasteiger partial charge in [-0.15, -0.1) is 0 Å². The summed E-state index contributed by atoms with van der Waals surface area (Å²) in [6, 6.07) is 16.9. The van der Waals surface area contributed by atoms with Gasteiger partial charge in [0.15, 0.2) is 0 Å². The average Bonchev–Trinajstić information content (AvgIpc) is 2.86. The molecule has 3 rings (SSSR count). The molecule has 1 atom stereocenters. The third kappa shape index (κ3) is 3.37. The third-order valence-corrected chi connectivity index (χ3v) is 4.86. The van der Waals surface area contributed by atoms with Crippen molar-refractivity contribution in [2.24, 2.45) is 0 Å². The Morgan fingerprint density at radius 1 is 0.846 bits per heavy atom. The highest BCUT2D eigenvalue weighted by Crippen LogP contribution is 2.30. The summed E-state index contributed by atoms with van der Waals surface area (Å²) < 4.78 is 0. The van der Waals surface area contributed by atoms with E-state index in [1.54, 1.807) is 12.1 Å². The van der Waals surface area contributed by atoms with Crippen molar-refractivity contribution in [3.8, 4) is 0 Å². The van der Waals surface area contributed by atoms with E-state index in [4.69, 9.17) is 11.6 Å². The van der Waals surface area contributed by atoms with Crippen LogP contribution in [0.3, 0.4) is 0 Å². The zero-order chi connectivity index (χ0) is 18.8. The number of anilines is 1. The van der Waals surface area contributed by atoms with E-state index in [0.29, 0.717) is 11.6 Å². The number of carbonyl (C=O) groups excluding carboxylic acids is 2. The van der Waals surface area contributed by atoms with Crippen LogP contribution in [0, 0.1) is 0 Å². The Balaban J connectivity index is 1.83. The van der Waals surface area contributed by atoms with Crippen LogP contribution in [0.15, 0.2) is 65.3 Å². The lowest BCUT2D eigenvalue weighted by Crippen LogP contribution is -2.34. The van der Waals surface area contributed by atoms with Gasteiger partial charge in [-0.25, -0.2) is 4.90 Å². The normalized spacial score (nSPS) is 15.8. The van der Waals surface area contributed by atoms with Crippen molar-refractivity contribution in [1.82, 2.24) is 5.32 Å². The van der Waals surface area contributed by atoms with Gasteiger partial charge < -0.3 is 5.32 Å². The second-order valence-electron chi connectivity index (χ2n) is 6.66. The van der Waals surface area contributed by atoms with Gasteiger partial charge in [-0.2, -0.15) is 0 Å². The Kier molecular flexibility index (Phi) is 5.14. The summed E-state index contributed by atoms with van der Waals surface area (Å²) >= 11 is 6.19. The van der Waals surface area contributed by atoms with Crippen molar-refractivity contribution in [3.63, 3.8) is 0 Å². The molecule has 1 aliphatic rings. The molecular formula is C21H21ClN2O2. The highest BCUT2D eigenvalue weighted by Gasteiger charge is 2.39. The van der Waals surface area contributed by atoms with Crippen molar-refractivity contribution >= 4 is 29.1 Å². The van der Waals surface area contributed by atoms with Gasteiger partial charge in [0.25, 0.3) is 11.8 Å². The molecule has 0 radical (unpaired) electrons. The molecule has 134 valence electrons. The quantitative estimate of drug-likeness (QED) is 0.791. The first-order chi connectivity index (χ1) is 12.4. The van der Waals surface area contributed by atoms with Crippen LogP contribution in [0.1, 0.15) is 43.9 Å². The fourth-order valence-electron chi connectivity index (χ4n) is 2.91. The summed E-state index contributed by atoms with van der Waals surface area (Å²) in [5, 5.41) is 3.01. The largest absolute Gasteiger partial charge is 0.373 e. The first-order valence-electron chi connectivity index (χ1n) is 8.60. The van der Waals surface area contributed by atoms with Gasteiger partial charge in [0.05, 0.1) is 5.69 Å². The second kappa shape index (κ2) is 7.34. The molecule has 1 unspecified atom stereocenters. The van der Waals surface area contributed by atoms with Crippen LogP contribution < -0.4 is 10.2 Å². The molecule has 5 heteroatoms. The summed E-state index contributed by atoms with van der Waals surface area (Å²) in [5.74, 6) is -0.559. The number of carbonyl (C=O) groups is 2. The summed E-state index contributed by atoms with van der Waals surface area (Å²) in [4.78, 5) is 26.5. The number of hydrogen-bond acceptors (Lipinski definition) is 3. The first-order valence-corrected chi connectivity index (χ1v) is 8.98. The third-order valence-electron chi connectivity index (χ3n) is 4.51. The van der Waals surface area contributed by atoms with Gasteiger partial charge in [0.1, 0.15) is 10.7 Å². The van der Waals surface area contributed by atoms with Crippen LogP contribution in [0.25, 0.3) is 0 Å².